The molecule has 1 fully saturated rings. The van der Waals surface area contributed by atoms with Crippen LogP contribution < -0.4 is 0 Å². The maximum Gasteiger partial charge on any atom is 0.335 e. The normalized spacial score (nSPS) is 27.4. The van der Waals surface area contributed by atoms with E-state index in [2.05, 4.69) is 45.9 Å². The highest BCUT2D eigenvalue weighted by Crippen LogP contribution is 2.48. The Balaban J connectivity index is 1.86. The van der Waals surface area contributed by atoms with Gasteiger partial charge in [0, 0.05) is 11.1 Å². The molecule has 1 heterocycles. The van der Waals surface area contributed by atoms with Crippen LogP contribution in [0.3, 0.4) is 0 Å². The van der Waals surface area contributed by atoms with Gasteiger partial charge in [-0.1, -0.05) is 52.0 Å². The Morgan fingerprint density at radius 1 is 0.931 bits per heavy atom. The van der Waals surface area contributed by atoms with Crippen molar-refractivity contribution in [1.29, 1.82) is 0 Å². The Hall–Kier alpha value is -2.17. The molecular formula is C25H30O4. The second-order valence-corrected chi connectivity index (χ2v) is 9.77. The second-order valence-electron chi connectivity index (χ2n) is 9.77. The number of fused-ring (bicyclic) bond motifs is 1. The molecule has 1 saturated heterocycles. The predicted octanol–water partition coefficient (Wildman–Crippen LogP) is 5.37. The van der Waals surface area contributed by atoms with Gasteiger partial charge in [-0.25, -0.2) is 4.79 Å². The molecule has 29 heavy (non-hydrogen) atoms. The van der Waals surface area contributed by atoms with Crippen LogP contribution in [0.2, 0.25) is 0 Å². The van der Waals surface area contributed by atoms with Crippen LogP contribution >= 0.6 is 0 Å². The van der Waals surface area contributed by atoms with Gasteiger partial charge in [0.25, 0.3) is 0 Å². The summed E-state index contributed by atoms with van der Waals surface area (Å²) in [5.41, 5.74) is 5.00. The molecule has 1 N–H and O–H groups in total. The maximum absolute atomic E-state index is 11.3. The van der Waals surface area contributed by atoms with Crippen LogP contribution in [-0.4, -0.2) is 23.8 Å². The van der Waals surface area contributed by atoms with E-state index in [0.717, 1.165) is 24.0 Å². The van der Waals surface area contributed by atoms with Gasteiger partial charge in [-0.3, -0.25) is 0 Å². The number of carbonyl (C=O) groups is 1. The lowest BCUT2D eigenvalue weighted by atomic mass is 9.62. The minimum Gasteiger partial charge on any atom is -0.478 e. The standard InChI is InChI=1S/C25H30O4/c1-16-15-28-25(29-16,18-8-6-17(7-9-18)22(26)27)19-10-11-20-21(14-19)24(4,5)13-12-23(20,2)3/h6-11,14,16H,12-13,15H2,1-5H3,(H,26,27). The molecule has 0 radical (unpaired) electrons. The Morgan fingerprint density at radius 3 is 2.07 bits per heavy atom. The highest BCUT2D eigenvalue weighted by molar-refractivity contribution is 5.87. The summed E-state index contributed by atoms with van der Waals surface area (Å²) >= 11 is 0. The number of hydrogen-bond donors (Lipinski definition) is 1. The van der Waals surface area contributed by atoms with Crippen molar-refractivity contribution in [3.05, 3.63) is 70.3 Å². The number of aromatic carboxylic acids is 1. The van der Waals surface area contributed by atoms with E-state index in [1.165, 1.54) is 11.1 Å². The zero-order chi connectivity index (χ0) is 21.0. The predicted molar refractivity (Wildman–Crippen MR) is 112 cm³/mol. The van der Waals surface area contributed by atoms with Crippen LogP contribution in [0.1, 0.15) is 80.1 Å². The highest BCUT2D eigenvalue weighted by atomic mass is 16.7. The van der Waals surface area contributed by atoms with E-state index in [4.69, 9.17) is 9.47 Å². The molecule has 0 spiro atoms. The summed E-state index contributed by atoms with van der Waals surface area (Å²) in [6, 6.07) is 13.4. The molecule has 2 unspecified atom stereocenters. The summed E-state index contributed by atoms with van der Waals surface area (Å²) in [4.78, 5) is 11.3. The molecule has 2 atom stereocenters. The molecule has 4 rings (SSSR count). The van der Waals surface area contributed by atoms with Gasteiger partial charge >= 0.3 is 5.97 Å². The van der Waals surface area contributed by atoms with E-state index in [1.807, 2.05) is 6.92 Å². The average Bonchev–Trinajstić information content (AvgIpc) is 3.08. The fraction of sp³-hybridized carbons (Fsp3) is 0.480. The van der Waals surface area contributed by atoms with Crippen LogP contribution in [0.4, 0.5) is 0 Å². The van der Waals surface area contributed by atoms with E-state index < -0.39 is 11.8 Å². The molecule has 0 bridgehead atoms. The minimum atomic E-state index is -1.01. The lowest BCUT2D eigenvalue weighted by Gasteiger charge is -2.42. The SMILES string of the molecule is CC1COC(c2ccc(C(=O)O)cc2)(c2ccc3c(c2)C(C)(C)CCC3(C)C)O1. The Bertz CT molecular complexity index is 942. The monoisotopic (exact) mass is 394 g/mol. The van der Waals surface area contributed by atoms with Crippen molar-refractivity contribution in [2.24, 2.45) is 0 Å². The number of carboxylic acid groups (broad SMARTS) is 1. The molecule has 0 amide bonds. The summed E-state index contributed by atoms with van der Waals surface area (Å²) in [6.45, 7) is 11.7. The van der Waals surface area contributed by atoms with Gasteiger partial charge in [-0.2, -0.15) is 0 Å². The van der Waals surface area contributed by atoms with E-state index >= 15 is 0 Å². The van der Waals surface area contributed by atoms with E-state index in [0.29, 0.717) is 6.61 Å². The van der Waals surface area contributed by atoms with E-state index in [1.54, 1.807) is 24.3 Å². The molecule has 4 nitrogen and oxygen atoms in total. The van der Waals surface area contributed by atoms with Gasteiger partial charge in [-0.15, -0.1) is 0 Å². The van der Waals surface area contributed by atoms with Crippen molar-refractivity contribution in [3.63, 3.8) is 0 Å². The molecule has 4 heteroatoms. The third-order valence-corrected chi connectivity index (χ3v) is 6.63. The molecule has 154 valence electrons. The van der Waals surface area contributed by atoms with Crippen molar-refractivity contribution in [1.82, 2.24) is 0 Å². The fourth-order valence-electron chi connectivity index (χ4n) is 4.68. The van der Waals surface area contributed by atoms with Crippen molar-refractivity contribution in [2.75, 3.05) is 6.61 Å². The van der Waals surface area contributed by atoms with Crippen LogP contribution in [0, 0.1) is 0 Å². The third-order valence-electron chi connectivity index (χ3n) is 6.63. The fourth-order valence-corrected chi connectivity index (χ4v) is 4.68. The Labute approximate surface area is 172 Å². The van der Waals surface area contributed by atoms with Gasteiger partial charge < -0.3 is 14.6 Å². The Morgan fingerprint density at radius 2 is 1.52 bits per heavy atom. The van der Waals surface area contributed by atoms with Gasteiger partial charge in [0.1, 0.15) is 0 Å². The van der Waals surface area contributed by atoms with Crippen molar-refractivity contribution in [2.45, 2.75) is 70.2 Å². The molecule has 2 aromatic rings. The molecule has 2 aromatic carbocycles. The van der Waals surface area contributed by atoms with Gasteiger partial charge in [0.05, 0.1) is 18.3 Å². The van der Waals surface area contributed by atoms with Crippen molar-refractivity contribution >= 4 is 5.97 Å². The largest absolute Gasteiger partial charge is 0.478 e. The van der Waals surface area contributed by atoms with Gasteiger partial charge in [0.15, 0.2) is 0 Å². The smallest absolute Gasteiger partial charge is 0.335 e. The lowest BCUT2D eigenvalue weighted by molar-refractivity contribution is -0.140. The first-order valence-corrected chi connectivity index (χ1v) is 10.4. The maximum atomic E-state index is 11.3. The molecule has 1 aliphatic heterocycles. The molecule has 2 aliphatic rings. The number of ether oxygens (including phenoxy) is 2. The highest BCUT2D eigenvalue weighted by Gasteiger charge is 2.45. The lowest BCUT2D eigenvalue weighted by Crippen LogP contribution is -2.35. The van der Waals surface area contributed by atoms with Crippen molar-refractivity contribution in [3.8, 4) is 0 Å². The number of hydrogen-bond acceptors (Lipinski definition) is 3. The van der Waals surface area contributed by atoms with Gasteiger partial charge in [0.2, 0.25) is 5.79 Å². The summed E-state index contributed by atoms with van der Waals surface area (Å²) in [7, 11) is 0. The first kappa shape index (κ1) is 20.1. The minimum absolute atomic E-state index is 0.0466. The number of benzene rings is 2. The zero-order valence-electron chi connectivity index (χ0n) is 17.9. The van der Waals surface area contributed by atoms with Crippen LogP contribution in [0.5, 0.6) is 0 Å². The summed E-state index contributed by atoms with van der Waals surface area (Å²) in [6.07, 6.45) is 2.25. The van der Waals surface area contributed by atoms with Crippen molar-refractivity contribution < 1.29 is 19.4 Å². The number of rotatable bonds is 3. The van der Waals surface area contributed by atoms with Crippen LogP contribution in [0.15, 0.2) is 42.5 Å². The topological polar surface area (TPSA) is 55.8 Å². The molecule has 0 aromatic heterocycles. The Kier molecular flexibility index (Phi) is 4.63. The van der Waals surface area contributed by atoms with Crippen LogP contribution in [-0.2, 0) is 26.1 Å². The number of carboxylic acids is 1. The molecule has 0 saturated carbocycles. The quantitative estimate of drug-likeness (QED) is 0.760. The average molecular weight is 395 g/mol. The first-order chi connectivity index (χ1) is 13.6. The molecular weight excluding hydrogens is 364 g/mol. The second kappa shape index (κ2) is 6.68. The summed E-state index contributed by atoms with van der Waals surface area (Å²) < 4.78 is 12.6. The van der Waals surface area contributed by atoms with E-state index in [9.17, 15) is 9.90 Å². The van der Waals surface area contributed by atoms with E-state index in [-0.39, 0.29) is 22.5 Å². The van der Waals surface area contributed by atoms with Crippen LogP contribution in [0.25, 0.3) is 0 Å². The third kappa shape index (κ3) is 3.28. The zero-order valence-corrected chi connectivity index (χ0v) is 17.9. The van der Waals surface area contributed by atoms with Gasteiger partial charge in [-0.05, 0) is 59.9 Å². The first-order valence-electron chi connectivity index (χ1n) is 10.4. The molecule has 1 aliphatic carbocycles. The summed E-state index contributed by atoms with van der Waals surface area (Å²) in [5.74, 6) is -1.95. The summed E-state index contributed by atoms with van der Waals surface area (Å²) in [5, 5.41) is 9.24.